The minimum atomic E-state index is -0.364. The molecular formula is C24H48N8O4. The van der Waals surface area contributed by atoms with Gasteiger partial charge in [-0.1, -0.05) is 0 Å². The van der Waals surface area contributed by atoms with E-state index in [1.807, 2.05) is 27.7 Å². The highest BCUT2D eigenvalue weighted by Crippen LogP contribution is 2.10. The van der Waals surface area contributed by atoms with Gasteiger partial charge in [-0.2, -0.15) is 0 Å². The smallest absolute Gasteiger partial charge is 0.236 e. The molecule has 1 heterocycles. The van der Waals surface area contributed by atoms with Crippen LogP contribution in [0.25, 0.3) is 0 Å². The molecule has 0 radical (unpaired) electrons. The van der Waals surface area contributed by atoms with Gasteiger partial charge in [0, 0.05) is 80.5 Å². The molecule has 4 amide bonds. The van der Waals surface area contributed by atoms with Crippen LogP contribution in [0.1, 0.15) is 27.7 Å². The summed E-state index contributed by atoms with van der Waals surface area (Å²) in [6.07, 6.45) is 0. The molecule has 0 aliphatic carbocycles. The molecule has 1 saturated heterocycles. The Morgan fingerprint density at radius 1 is 0.417 bits per heavy atom. The predicted molar refractivity (Wildman–Crippen MR) is 140 cm³/mol. The van der Waals surface area contributed by atoms with Crippen LogP contribution in [-0.4, -0.2) is 148 Å². The lowest BCUT2D eigenvalue weighted by Gasteiger charge is -2.39. The van der Waals surface area contributed by atoms with Gasteiger partial charge in [0.1, 0.15) is 0 Å². The number of hydrogen-bond donors (Lipinski definition) is 4. The van der Waals surface area contributed by atoms with Crippen molar-refractivity contribution in [3.05, 3.63) is 0 Å². The Morgan fingerprint density at radius 2 is 0.556 bits per heavy atom. The number of nitrogens with zero attached hydrogens (tertiary/aromatic N) is 4. The van der Waals surface area contributed by atoms with E-state index in [2.05, 4.69) is 40.9 Å². The van der Waals surface area contributed by atoms with Crippen LogP contribution in [0.5, 0.6) is 0 Å². The maximum absolute atomic E-state index is 12.5. The van der Waals surface area contributed by atoms with Crippen molar-refractivity contribution in [3.8, 4) is 0 Å². The summed E-state index contributed by atoms with van der Waals surface area (Å²) < 4.78 is 0. The highest BCUT2D eigenvalue weighted by atomic mass is 16.2. The summed E-state index contributed by atoms with van der Waals surface area (Å²) in [7, 11) is 6.49. The van der Waals surface area contributed by atoms with Gasteiger partial charge in [-0.3, -0.25) is 38.8 Å². The summed E-state index contributed by atoms with van der Waals surface area (Å²) >= 11 is 0. The van der Waals surface area contributed by atoms with Crippen LogP contribution in [0.3, 0.4) is 0 Å². The number of nitrogens with one attached hydrogen (secondary N) is 4. The van der Waals surface area contributed by atoms with E-state index >= 15 is 0 Å². The van der Waals surface area contributed by atoms with Crippen molar-refractivity contribution in [1.82, 2.24) is 40.9 Å². The fourth-order valence-electron chi connectivity index (χ4n) is 4.52. The van der Waals surface area contributed by atoms with Crippen LogP contribution in [0.2, 0.25) is 0 Å². The molecular weight excluding hydrogens is 464 g/mol. The molecule has 1 rings (SSSR count). The van der Waals surface area contributed by atoms with E-state index in [0.29, 0.717) is 52.4 Å². The van der Waals surface area contributed by atoms with Gasteiger partial charge in [-0.25, -0.2) is 0 Å². The molecule has 4 N–H and O–H groups in total. The Morgan fingerprint density at radius 3 is 0.667 bits per heavy atom. The maximum atomic E-state index is 12.5. The van der Waals surface area contributed by atoms with Crippen molar-refractivity contribution in [2.75, 3.05) is 80.5 Å². The van der Waals surface area contributed by atoms with Crippen LogP contribution in [-0.2, 0) is 19.2 Å². The van der Waals surface area contributed by atoms with E-state index in [9.17, 15) is 19.2 Å². The molecule has 12 heteroatoms. The lowest BCUT2D eigenvalue weighted by atomic mass is 10.1. The van der Waals surface area contributed by atoms with Crippen molar-refractivity contribution in [2.45, 2.75) is 51.9 Å². The summed E-state index contributed by atoms with van der Waals surface area (Å²) in [4.78, 5) is 58.3. The molecule has 1 aliphatic heterocycles. The Balaban J connectivity index is 3.31. The molecule has 0 bridgehead atoms. The van der Waals surface area contributed by atoms with Gasteiger partial charge in [0.2, 0.25) is 23.6 Å². The van der Waals surface area contributed by atoms with E-state index < -0.39 is 0 Å². The predicted octanol–water partition coefficient (Wildman–Crippen LogP) is -2.25. The molecule has 1 fully saturated rings. The van der Waals surface area contributed by atoms with E-state index in [1.165, 1.54) is 0 Å². The Bertz CT molecular complexity index is 601. The first-order valence-electron chi connectivity index (χ1n) is 12.8. The molecule has 36 heavy (non-hydrogen) atoms. The lowest BCUT2D eigenvalue weighted by Crippen LogP contribution is -2.57. The molecule has 0 aromatic carbocycles. The molecule has 4 atom stereocenters. The van der Waals surface area contributed by atoms with Gasteiger partial charge < -0.3 is 21.3 Å². The Hall–Kier alpha value is -2.28. The summed E-state index contributed by atoms with van der Waals surface area (Å²) in [5.74, 6) is -0.317. The lowest BCUT2D eigenvalue weighted by molar-refractivity contribution is -0.129. The fraction of sp³-hybridized carbons (Fsp3) is 0.833. The van der Waals surface area contributed by atoms with Crippen LogP contribution >= 0.6 is 0 Å². The summed E-state index contributed by atoms with van der Waals surface area (Å²) in [5, 5.41) is 10.9. The minimum absolute atomic E-state index is 0.0792. The summed E-state index contributed by atoms with van der Waals surface area (Å²) in [5.41, 5.74) is 0. The first kappa shape index (κ1) is 31.7. The van der Waals surface area contributed by atoms with Gasteiger partial charge in [0.05, 0.1) is 24.2 Å². The molecule has 208 valence electrons. The van der Waals surface area contributed by atoms with E-state index in [-0.39, 0.29) is 47.8 Å². The average Bonchev–Trinajstić information content (AvgIpc) is 2.89. The van der Waals surface area contributed by atoms with Crippen molar-refractivity contribution in [3.63, 3.8) is 0 Å². The van der Waals surface area contributed by atoms with E-state index in [4.69, 9.17) is 0 Å². The minimum Gasteiger partial charge on any atom is -0.358 e. The third-order valence-electron chi connectivity index (χ3n) is 7.39. The third-order valence-corrected chi connectivity index (χ3v) is 7.39. The molecule has 12 nitrogen and oxygen atoms in total. The van der Waals surface area contributed by atoms with E-state index in [1.54, 1.807) is 28.2 Å². The molecule has 0 saturated carbocycles. The average molecular weight is 513 g/mol. The number of hydrogen-bond acceptors (Lipinski definition) is 8. The Labute approximate surface area is 216 Å². The zero-order chi connectivity index (χ0) is 27.4. The van der Waals surface area contributed by atoms with Crippen LogP contribution in [0.4, 0.5) is 0 Å². The number of carbonyl (C=O) groups is 4. The molecule has 0 aromatic heterocycles. The Kier molecular flexibility index (Phi) is 13.9. The zero-order valence-corrected chi connectivity index (χ0v) is 23.4. The highest BCUT2D eigenvalue weighted by Gasteiger charge is 2.30. The van der Waals surface area contributed by atoms with Gasteiger partial charge in [-0.05, 0) is 27.7 Å². The molecule has 1 aliphatic rings. The largest absolute Gasteiger partial charge is 0.358 e. The van der Waals surface area contributed by atoms with E-state index in [0.717, 1.165) is 0 Å². The second kappa shape index (κ2) is 15.7. The SMILES string of the molecule is CNC(=O)[C@@H](C)N1CCN([C@H](C)C(=O)NC)CCN([C@H](C)C(=O)NC)CCN([C@H](C)C(=O)NC)CC1. The molecule has 0 aromatic rings. The van der Waals surface area contributed by atoms with Gasteiger partial charge in [-0.15, -0.1) is 0 Å². The van der Waals surface area contributed by atoms with Crippen molar-refractivity contribution < 1.29 is 19.2 Å². The first-order chi connectivity index (χ1) is 17.0. The van der Waals surface area contributed by atoms with Crippen molar-refractivity contribution in [2.24, 2.45) is 0 Å². The topological polar surface area (TPSA) is 129 Å². The monoisotopic (exact) mass is 512 g/mol. The van der Waals surface area contributed by atoms with Gasteiger partial charge in [0.25, 0.3) is 0 Å². The van der Waals surface area contributed by atoms with Crippen molar-refractivity contribution in [1.29, 1.82) is 0 Å². The van der Waals surface area contributed by atoms with Crippen LogP contribution in [0.15, 0.2) is 0 Å². The highest BCUT2D eigenvalue weighted by molar-refractivity contribution is 5.82. The normalized spacial score (nSPS) is 21.1. The summed E-state index contributed by atoms with van der Waals surface area (Å²) in [6.45, 7) is 12.1. The molecule has 0 spiro atoms. The fourth-order valence-corrected chi connectivity index (χ4v) is 4.52. The number of amides is 4. The standard InChI is InChI=1S/C24H48N8O4/c1-17(21(33)25-5)29-9-11-30(18(2)22(34)26-6)13-15-32(20(4)24(36)28-8)16-14-31(12-10-29)19(3)23(35)27-7/h17-20H,9-16H2,1-8H3,(H,25,33)(H,26,34)(H,27,35)(H,28,36)/t17-,18-,19-,20-/m1/s1. The van der Waals surface area contributed by atoms with Crippen molar-refractivity contribution >= 4 is 23.6 Å². The quantitative estimate of drug-likeness (QED) is 0.287. The van der Waals surface area contributed by atoms with Crippen LogP contribution in [0, 0.1) is 0 Å². The summed E-state index contributed by atoms with van der Waals surface area (Å²) in [6, 6.07) is -1.46. The zero-order valence-electron chi connectivity index (χ0n) is 23.4. The second-order valence-corrected chi connectivity index (χ2v) is 9.30. The van der Waals surface area contributed by atoms with Crippen LogP contribution < -0.4 is 21.3 Å². The second-order valence-electron chi connectivity index (χ2n) is 9.30. The number of likely N-dealkylation sites (N-methyl/N-ethyl adjacent to an activating group) is 4. The van der Waals surface area contributed by atoms with Gasteiger partial charge in [0.15, 0.2) is 0 Å². The third kappa shape index (κ3) is 8.99. The number of carbonyl (C=O) groups excluding carboxylic acids is 4. The first-order valence-corrected chi connectivity index (χ1v) is 12.8. The van der Waals surface area contributed by atoms with Gasteiger partial charge >= 0.3 is 0 Å². The number of rotatable bonds is 8. The maximum Gasteiger partial charge on any atom is 0.236 e. The molecule has 0 unspecified atom stereocenters.